The molecule has 8 heteroatoms. The van der Waals surface area contributed by atoms with Crippen molar-refractivity contribution >= 4 is 16.5 Å². The number of nitrogens with two attached hydrogens (primary N) is 1. The van der Waals surface area contributed by atoms with Crippen molar-refractivity contribution in [1.29, 1.82) is 0 Å². The van der Waals surface area contributed by atoms with Gasteiger partial charge in [0.05, 0.1) is 6.04 Å². The zero-order valence-corrected chi connectivity index (χ0v) is 10.1. The van der Waals surface area contributed by atoms with Crippen LogP contribution in [-0.4, -0.2) is 50.0 Å². The molecule has 0 saturated carbocycles. The van der Waals surface area contributed by atoms with E-state index in [1.54, 1.807) is 6.92 Å². The van der Waals surface area contributed by atoms with Gasteiger partial charge >= 0.3 is 6.03 Å². The lowest BCUT2D eigenvalue weighted by molar-refractivity contribution is -0.285. The third-order valence-electron chi connectivity index (χ3n) is 1.92. The van der Waals surface area contributed by atoms with Crippen LogP contribution in [0, 0.1) is 0 Å². The Kier molecular flexibility index (Phi) is 5.01. The van der Waals surface area contributed by atoms with Gasteiger partial charge in [-0.3, -0.25) is 0 Å². The van der Waals surface area contributed by atoms with E-state index < -0.39 is 24.2 Å². The average Bonchev–Trinajstić information content (AvgIpc) is 2.12. The first-order valence-corrected chi connectivity index (χ1v) is 4.89. The minimum atomic E-state index is -2.20. The number of aliphatic hydroxyl groups is 3. The van der Waals surface area contributed by atoms with E-state index in [-0.39, 0.29) is 16.9 Å². The molecular weight excluding hydrogens is 208 g/mol. The normalized spacial score (nSPS) is 17.8. The van der Waals surface area contributed by atoms with Crippen LogP contribution in [0.1, 0.15) is 13.3 Å². The molecule has 0 saturated heterocycles. The number of hydrogen-bond acceptors (Lipinski definition) is 5. The van der Waals surface area contributed by atoms with Crippen LogP contribution >= 0.6 is 0 Å². The fraction of sp³-hybridized carbons (Fsp3) is 0.833. The van der Waals surface area contributed by atoms with E-state index >= 15 is 0 Å². The number of aliphatic hydroxyl groups excluding tert-OH is 1. The molecule has 2 atom stereocenters. The molecule has 14 heavy (non-hydrogen) atoms. The van der Waals surface area contributed by atoms with Crippen LogP contribution in [0.3, 0.4) is 0 Å². The van der Waals surface area contributed by atoms with Crippen molar-refractivity contribution in [3.8, 4) is 0 Å². The first-order valence-electron chi connectivity index (χ1n) is 4.08. The summed E-state index contributed by atoms with van der Waals surface area (Å²) in [6.07, 6.45) is -1.85. The number of carbonyl (C=O) groups excluding carboxylic acids is 1. The van der Waals surface area contributed by atoms with Crippen LogP contribution in [0.4, 0.5) is 4.79 Å². The Bertz CT molecular complexity index is 203. The first-order chi connectivity index (χ1) is 6.38. The minimum Gasteiger partial charge on any atom is -0.396 e. The molecule has 0 aliphatic rings. The fourth-order valence-electron chi connectivity index (χ4n) is 1.10. The van der Waals surface area contributed by atoms with Gasteiger partial charge in [0.1, 0.15) is 10.5 Å². The summed E-state index contributed by atoms with van der Waals surface area (Å²) >= 11 is 0. The highest BCUT2D eigenvalue weighted by Crippen LogP contribution is 2.17. The second kappa shape index (κ2) is 5.27. The van der Waals surface area contributed by atoms with Gasteiger partial charge in [-0.05, 0) is 6.42 Å². The molecule has 2 unspecified atom stereocenters. The summed E-state index contributed by atoms with van der Waals surface area (Å²) in [4.78, 5) is 10.5. The van der Waals surface area contributed by atoms with E-state index in [1.165, 1.54) is 0 Å². The number of primary amides is 1. The standard InChI is InChI=1S/C6H16N2O5Si/c1-2-3(8-5(7)11)6(12,13-14)4(9)10/h3-4,9-10,12H,2H2,1,14H3,(H3,7,8,11). The molecule has 0 aliphatic carbocycles. The molecule has 0 aliphatic heterocycles. The molecule has 0 fully saturated rings. The summed E-state index contributed by atoms with van der Waals surface area (Å²) in [5, 5.41) is 29.6. The summed E-state index contributed by atoms with van der Waals surface area (Å²) in [6.45, 7) is 1.63. The zero-order chi connectivity index (χ0) is 11.4. The van der Waals surface area contributed by atoms with Crippen molar-refractivity contribution in [3.63, 3.8) is 0 Å². The molecule has 0 bridgehead atoms. The van der Waals surface area contributed by atoms with Crippen molar-refractivity contribution in [3.05, 3.63) is 0 Å². The molecule has 0 spiro atoms. The number of amides is 2. The van der Waals surface area contributed by atoms with Crippen LogP contribution in [0.15, 0.2) is 0 Å². The number of hydrogen-bond donors (Lipinski definition) is 5. The van der Waals surface area contributed by atoms with Crippen LogP contribution in [0.2, 0.25) is 0 Å². The topological polar surface area (TPSA) is 125 Å². The van der Waals surface area contributed by atoms with E-state index in [2.05, 4.69) is 9.74 Å². The summed E-state index contributed by atoms with van der Waals surface area (Å²) in [5.74, 6) is -2.20. The lowest BCUT2D eigenvalue weighted by Gasteiger charge is -2.35. The van der Waals surface area contributed by atoms with Gasteiger partial charge < -0.3 is 30.8 Å². The van der Waals surface area contributed by atoms with E-state index in [0.717, 1.165) is 0 Å². The molecule has 0 aromatic heterocycles. The van der Waals surface area contributed by atoms with Crippen LogP contribution in [0.25, 0.3) is 0 Å². The number of urea groups is 1. The molecule has 84 valence electrons. The van der Waals surface area contributed by atoms with Crippen molar-refractivity contribution in [2.24, 2.45) is 5.73 Å². The lowest BCUT2D eigenvalue weighted by Crippen LogP contribution is -2.61. The largest absolute Gasteiger partial charge is 0.396 e. The highest BCUT2D eigenvalue weighted by atomic mass is 28.2. The van der Waals surface area contributed by atoms with Crippen LogP contribution in [0.5, 0.6) is 0 Å². The Morgan fingerprint density at radius 2 is 2.21 bits per heavy atom. The molecule has 0 heterocycles. The quantitative estimate of drug-likeness (QED) is 0.247. The summed E-state index contributed by atoms with van der Waals surface area (Å²) in [6, 6.07) is -1.83. The summed E-state index contributed by atoms with van der Waals surface area (Å²) in [7, 11) is 0.0853. The van der Waals surface area contributed by atoms with Gasteiger partial charge in [-0.15, -0.1) is 0 Å². The van der Waals surface area contributed by atoms with Crippen LogP contribution < -0.4 is 11.1 Å². The first kappa shape index (κ1) is 13.3. The Labute approximate surface area is 84.4 Å². The molecule has 0 rings (SSSR count). The van der Waals surface area contributed by atoms with Crippen molar-refractivity contribution < 1.29 is 24.5 Å². The second-order valence-electron chi connectivity index (χ2n) is 2.80. The zero-order valence-electron chi connectivity index (χ0n) is 8.10. The number of rotatable bonds is 5. The van der Waals surface area contributed by atoms with E-state index in [9.17, 15) is 9.90 Å². The van der Waals surface area contributed by atoms with Gasteiger partial charge in [0.15, 0.2) is 0 Å². The van der Waals surface area contributed by atoms with Gasteiger partial charge in [0, 0.05) is 0 Å². The third-order valence-corrected chi connectivity index (χ3v) is 2.57. The van der Waals surface area contributed by atoms with E-state index in [4.69, 9.17) is 15.9 Å². The predicted octanol–water partition coefficient (Wildman–Crippen LogP) is -3.27. The maximum Gasteiger partial charge on any atom is 0.312 e. The Morgan fingerprint density at radius 1 is 1.71 bits per heavy atom. The maximum absolute atomic E-state index is 10.5. The Morgan fingerprint density at radius 3 is 2.43 bits per heavy atom. The maximum atomic E-state index is 10.5. The average molecular weight is 224 g/mol. The van der Waals surface area contributed by atoms with Crippen molar-refractivity contribution in [1.82, 2.24) is 5.32 Å². The molecule has 7 nitrogen and oxygen atoms in total. The van der Waals surface area contributed by atoms with Gasteiger partial charge in [-0.1, -0.05) is 6.92 Å². The summed E-state index contributed by atoms with van der Waals surface area (Å²) in [5.41, 5.74) is 4.85. The van der Waals surface area contributed by atoms with Crippen molar-refractivity contribution in [2.75, 3.05) is 0 Å². The van der Waals surface area contributed by atoms with Crippen LogP contribution in [-0.2, 0) is 4.43 Å². The lowest BCUT2D eigenvalue weighted by atomic mass is 10.0. The minimum absolute atomic E-state index is 0.0853. The smallest absolute Gasteiger partial charge is 0.312 e. The number of carbonyl (C=O) groups is 1. The Hall–Kier alpha value is -0.673. The molecule has 2 amide bonds. The molecule has 0 aromatic carbocycles. The van der Waals surface area contributed by atoms with E-state index in [1.807, 2.05) is 0 Å². The monoisotopic (exact) mass is 224 g/mol. The summed E-state index contributed by atoms with van der Waals surface area (Å²) < 4.78 is 4.68. The second-order valence-corrected chi connectivity index (χ2v) is 3.21. The number of nitrogens with one attached hydrogen (secondary N) is 1. The van der Waals surface area contributed by atoms with Crippen molar-refractivity contribution in [2.45, 2.75) is 31.5 Å². The molecule has 0 radical (unpaired) electrons. The highest BCUT2D eigenvalue weighted by Gasteiger charge is 2.42. The predicted molar refractivity (Wildman–Crippen MR) is 51.0 cm³/mol. The Balaban J connectivity index is 4.68. The third kappa shape index (κ3) is 2.92. The van der Waals surface area contributed by atoms with Gasteiger partial charge in [0.2, 0.25) is 12.1 Å². The van der Waals surface area contributed by atoms with Gasteiger partial charge in [0.25, 0.3) is 0 Å². The van der Waals surface area contributed by atoms with Gasteiger partial charge in [-0.2, -0.15) is 0 Å². The molecular formula is C6H16N2O5Si. The van der Waals surface area contributed by atoms with E-state index in [0.29, 0.717) is 0 Å². The molecule has 6 N–H and O–H groups in total. The fourth-order valence-corrected chi connectivity index (χ4v) is 1.59. The molecule has 0 aromatic rings. The SMILES string of the molecule is CCC(NC(N)=O)C(O)(O[SiH3])C(O)O. The van der Waals surface area contributed by atoms with Gasteiger partial charge in [-0.25, -0.2) is 4.79 Å². The highest BCUT2D eigenvalue weighted by molar-refractivity contribution is 5.98.